The van der Waals surface area contributed by atoms with E-state index in [0.29, 0.717) is 5.02 Å². The van der Waals surface area contributed by atoms with Crippen LogP contribution in [0.25, 0.3) is 22.1 Å². The first-order valence-electron chi connectivity index (χ1n) is 6.37. The molecule has 106 valence electrons. The molecule has 2 N–H and O–H groups in total. The number of nitrogens with zero attached hydrogens (tertiary/aromatic N) is 4. The number of rotatable bonds is 0. The van der Waals surface area contributed by atoms with Gasteiger partial charge in [-0.1, -0.05) is 11.6 Å². The van der Waals surface area contributed by atoms with Crippen LogP contribution < -0.4 is 0 Å². The Balaban J connectivity index is 0.000000126. The summed E-state index contributed by atoms with van der Waals surface area (Å²) < 4.78 is 0. The molecular formula is C14H13ClN6. The highest BCUT2D eigenvalue weighted by molar-refractivity contribution is 6.31. The molecule has 0 amide bonds. The van der Waals surface area contributed by atoms with Crippen LogP contribution in [0.1, 0.15) is 11.1 Å². The van der Waals surface area contributed by atoms with Gasteiger partial charge in [0.05, 0.1) is 0 Å². The van der Waals surface area contributed by atoms with Crippen molar-refractivity contribution in [3.05, 3.63) is 46.5 Å². The Morgan fingerprint density at radius 3 is 1.76 bits per heavy atom. The van der Waals surface area contributed by atoms with Crippen molar-refractivity contribution in [2.45, 2.75) is 13.8 Å². The summed E-state index contributed by atoms with van der Waals surface area (Å²) in [4.78, 5) is 0. The summed E-state index contributed by atoms with van der Waals surface area (Å²) >= 11 is 5.69. The lowest BCUT2D eigenvalue weighted by Crippen LogP contribution is -1.79. The number of aromatic amines is 2. The highest BCUT2D eigenvalue weighted by atomic mass is 35.5. The van der Waals surface area contributed by atoms with Crippen LogP contribution in [0.15, 0.2) is 30.3 Å². The van der Waals surface area contributed by atoms with Gasteiger partial charge < -0.3 is 0 Å². The summed E-state index contributed by atoms with van der Waals surface area (Å²) in [5.74, 6) is 0. The predicted molar refractivity (Wildman–Crippen MR) is 82.3 cm³/mol. The van der Waals surface area contributed by atoms with Gasteiger partial charge in [-0.2, -0.15) is 30.8 Å². The Hall–Kier alpha value is -2.47. The second-order valence-electron chi connectivity index (χ2n) is 4.71. The summed E-state index contributed by atoms with van der Waals surface area (Å²) in [5.41, 5.74) is 6.02. The number of nitrogens with one attached hydrogen (secondary N) is 2. The SMILES string of the molecule is Cc1cc2n[nH]nc2cc1C.Clc1ccc2n[nH]nc2c1. The van der Waals surface area contributed by atoms with Crippen LogP contribution in [0.2, 0.25) is 5.02 Å². The van der Waals surface area contributed by atoms with Crippen LogP contribution in [0.4, 0.5) is 0 Å². The quantitative estimate of drug-likeness (QED) is 0.522. The summed E-state index contributed by atoms with van der Waals surface area (Å²) in [6.07, 6.45) is 0. The second kappa shape index (κ2) is 5.49. The molecule has 0 spiro atoms. The van der Waals surface area contributed by atoms with Crippen molar-refractivity contribution in [3.63, 3.8) is 0 Å². The Bertz CT molecular complexity index is 859. The van der Waals surface area contributed by atoms with E-state index in [1.165, 1.54) is 11.1 Å². The Morgan fingerprint density at radius 1 is 0.714 bits per heavy atom. The van der Waals surface area contributed by atoms with Gasteiger partial charge in [0, 0.05) is 5.02 Å². The fraction of sp³-hybridized carbons (Fsp3) is 0.143. The van der Waals surface area contributed by atoms with E-state index in [4.69, 9.17) is 11.6 Å². The number of hydrogen-bond donors (Lipinski definition) is 2. The average molecular weight is 301 g/mol. The van der Waals surface area contributed by atoms with E-state index >= 15 is 0 Å². The number of H-pyrrole nitrogens is 2. The predicted octanol–water partition coefficient (Wildman–Crippen LogP) is 3.19. The van der Waals surface area contributed by atoms with Gasteiger partial charge in [-0.05, 0) is 55.3 Å². The number of aromatic nitrogens is 6. The van der Waals surface area contributed by atoms with Gasteiger partial charge in [0.15, 0.2) is 0 Å². The third-order valence-corrected chi connectivity index (χ3v) is 3.45. The molecule has 0 aliphatic rings. The third-order valence-electron chi connectivity index (χ3n) is 3.21. The van der Waals surface area contributed by atoms with Gasteiger partial charge in [-0.15, -0.1) is 0 Å². The lowest BCUT2D eigenvalue weighted by molar-refractivity contribution is 0.959. The minimum atomic E-state index is 0.682. The second-order valence-corrected chi connectivity index (χ2v) is 5.14. The molecule has 2 heterocycles. The topological polar surface area (TPSA) is 83.1 Å². The molecule has 21 heavy (non-hydrogen) atoms. The Kier molecular flexibility index (Phi) is 3.53. The number of hydrogen-bond acceptors (Lipinski definition) is 4. The molecule has 7 heteroatoms. The van der Waals surface area contributed by atoms with E-state index in [0.717, 1.165) is 22.1 Å². The van der Waals surface area contributed by atoms with Crippen LogP contribution in [0.5, 0.6) is 0 Å². The maximum Gasteiger partial charge on any atom is 0.114 e. The molecule has 0 fully saturated rings. The van der Waals surface area contributed by atoms with Crippen molar-refractivity contribution in [2.75, 3.05) is 0 Å². The van der Waals surface area contributed by atoms with Gasteiger partial charge in [-0.3, -0.25) is 0 Å². The normalized spacial score (nSPS) is 10.6. The minimum Gasteiger partial charge on any atom is -0.197 e. The molecule has 0 aliphatic heterocycles. The fourth-order valence-electron chi connectivity index (χ4n) is 1.91. The van der Waals surface area contributed by atoms with Crippen molar-refractivity contribution >= 4 is 33.7 Å². The Morgan fingerprint density at radius 2 is 1.19 bits per heavy atom. The van der Waals surface area contributed by atoms with Gasteiger partial charge in [-0.25, -0.2) is 0 Å². The van der Waals surface area contributed by atoms with Gasteiger partial charge in [0.2, 0.25) is 0 Å². The zero-order valence-corrected chi connectivity index (χ0v) is 12.3. The maximum atomic E-state index is 5.69. The van der Waals surface area contributed by atoms with E-state index in [1.54, 1.807) is 12.1 Å². The van der Waals surface area contributed by atoms with E-state index in [1.807, 2.05) is 18.2 Å². The summed E-state index contributed by atoms with van der Waals surface area (Å²) in [6, 6.07) is 9.44. The molecule has 0 saturated heterocycles. The van der Waals surface area contributed by atoms with Crippen molar-refractivity contribution in [3.8, 4) is 0 Å². The van der Waals surface area contributed by atoms with Crippen LogP contribution in [-0.2, 0) is 0 Å². The molecule has 2 aromatic carbocycles. The number of benzene rings is 2. The molecule has 0 bridgehead atoms. The van der Waals surface area contributed by atoms with Crippen molar-refractivity contribution in [2.24, 2.45) is 0 Å². The summed E-state index contributed by atoms with van der Waals surface area (Å²) in [5, 5.41) is 21.5. The average Bonchev–Trinajstić information content (AvgIpc) is 3.08. The molecule has 0 saturated carbocycles. The van der Waals surface area contributed by atoms with Crippen molar-refractivity contribution in [1.82, 2.24) is 30.8 Å². The number of halogens is 1. The molecular weight excluding hydrogens is 288 g/mol. The highest BCUT2D eigenvalue weighted by Crippen LogP contribution is 2.14. The highest BCUT2D eigenvalue weighted by Gasteiger charge is 1.99. The standard InChI is InChI=1S/C8H9N3.C6H4ClN3/c1-5-3-7-8(4-6(5)2)10-11-9-7;7-4-1-2-5-6(3-4)9-10-8-5/h3-4H,1-2H3,(H,9,10,11);1-3H,(H,8,9,10). The smallest absolute Gasteiger partial charge is 0.114 e. The largest absolute Gasteiger partial charge is 0.197 e. The first-order valence-corrected chi connectivity index (χ1v) is 6.75. The molecule has 6 nitrogen and oxygen atoms in total. The molecule has 0 unspecified atom stereocenters. The van der Waals surface area contributed by atoms with Gasteiger partial charge in [0.1, 0.15) is 22.1 Å². The van der Waals surface area contributed by atoms with Crippen LogP contribution >= 0.6 is 11.6 Å². The lowest BCUT2D eigenvalue weighted by atomic mass is 10.1. The molecule has 0 radical (unpaired) electrons. The van der Waals surface area contributed by atoms with E-state index in [-0.39, 0.29) is 0 Å². The molecule has 0 aliphatic carbocycles. The first-order chi connectivity index (χ1) is 10.1. The zero-order chi connectivity index (χ0) is 14.8. The molecule has 0 atom stereocenters. The summed E-state index contributed by atoms with van der Waals surface area (Å²) in [7, 11) is 0. The first kappa shape index (κ1) is 13.5. The number of fused-ring (bicyclic) bond motifs is 2. The zero-order valence-electron chi connectivity index (χ0n) is 11.6. The molecule has 2 aromatic heterocycles. The third kappa shape index (κ3) is 2.85. The minimum absolute atomic E-state index is 0.682. The van der Waals surface area contributed by atoms with Crippen molar-refractivity contribution < 1.29 is 0 Å². The van der Waals surface area contributed by atoms with Crippen molar-refractivity contribution in [1.29, 1.82) is 0 Å². The van der Waals surface area contributed by atoms with Crippen LogP contribution in [-0.4, -0.2) is 30.8 Å². The van der Waals surface area contributed by atoms with Gasteiger partial charge >= 0.3 is 0 Å². The fourth-order valence-corrected chi connectivity index (χ4v) is 2.08. The molecule has 4 aromatic rings. The van der Waals surface area contributed by atoms with Crippen LogP contribution in [0.3, 0.4) is 0 Å². The number of aryl methyl sites for hydroxylation is 2. The van der Waals surface area contributed by atoms with Crippen LogP contribution in [0, 0.1) is 13.8 Å². The summed E-state index contributed by atoms with van der Waals surface area (Å²) in [6.45, 7) is 4.15. The van der Waals surface area contributed by atoms with Gasteiger partial charge in [0.25, 0.3) is 0 Å². The maximum absolute atomic E-state index is 5.69. The Labute approximate surface area is 125 Å². The molecule has 4 rings (SSSR count). The monoisotopic (exact) mass is 300 g/mol. The lowest BCUT2D eigenvalue weighted by Gasteiger charge is -1.95. The van der Waals surface area contributed by atoms with E-state index in [2.05, 4.69) is 44.7 Å². The van der Waals surface area contributed by atoms with E-state index in [9.17, 15) is 0 Å². The van der Waals surface area contributed by atoms with E-state index < -0.39 is 0 Å².